The van der Waals surface area contributed by atoms with E-state index in [1.807, 2.05) is 24.3 Å². The van der Waals surface area contributed by atoms with Gasteiger partial charge in [-0.1, -0.05) is 31.1 Å². The second kappa shape index (κ2) is 16.3. The number of unbranched alkanes of at least 4 members (excludes halogenated alkanes) is 2. The molecule has 7 nitrogen and oxygen atoms in total. The Bertz CT molecular complexity index is 1050. The molecule has 218 valence electrons. The molecule has 4 rings (SSSR count). The number of carbonyl (C=O) groups excluding carboxylic acids is 1. The van der Waals surface area contributed by atoms with Gasteiger partial charge in [-0.15, -0.1) is 0 Å². The third-order valence-corrected chi connectivity index (χ3v) is 7.80. The van der Waals surface area contributed by atoms with Crippen molar-refractivity contribution in [2.24, 2.45) is 0 Å². The van der Waals surface area contributed by atoms with E-state index in [0.717, 1.165) is 50.1 Å². The second-order valence-electron chi connectivity index (χ2n) is 11.0. The minimum Gasteiger partial charge on any atom is -0.507 e. The Morgan fingerprint density at radius 1 is 0.700 bits per heavy atom. The highest BCUT2D eigenvalue weighted by Gasteiger charge is 2.17. The van der Waals surface area contributed by atoms with Crippen molar-refractivity contribution in [3.8, 4) is 23.0 Å². The van der Waals surface area contributed by atoms with Crippen molar-refractivity contribution >= 4 is 11.9 Å². The van der Waals surface area contributed by atoms with Crippen LogP contribution in [0.25, 0.3) is 6.08 Å². The van der Waals surface area contributed by atoms with Gasteiger partial charge in [0.15, 0.2) is 5.78 Å². The van der Waals surface area contributed by atoms with Crippen LogP contribution in [-0.4, -0.2) is 78.3 Å². The maximum Gasteiger partial charge on any atom is 0.193 e. The summed E-state index contributed by atoms with van der Waals surface area (Å²) >= 11 is 0. The van der Waals surface area contributed by atoms with Crippen LogP contribution in [0.2, 0.25) is 0 Å². The minimum absolute atomic E-state index is 0.127. The summed E-state index contributed by atoms with van der Waals surface area (Å²) in [6.07, 6.45) is 15.1. The van der Waals surface area contributed by atoms with Gasteiger partial charge in [0.1, 0.15) is 28.6 Å². The number of rotatable bonds is 15. The summed E-state index contributed by atoms with van der Waals surface area (Å²) in [4.78, 5) is 17.8. The zero-order chi connectivity index (χ0) is 28.0. The van der Waals surface area contributed by atoms with Gasteiger partial charge in [0.25, 0.3) is 0 Å². The molecule has 2 aliphatic rings. The Morgan fingerprint density at radius 3 is 1.73 bits per heavy atom. The topological polar surface area (TPSA) is 82.5 Å². The third kappa shape index (κ3) is 9.86. The number of allylic oxidation sites excluding steroid dienone is 1. The Morgan fingerprint density at radius 2 is 1.20 bits per heavy atom. The largest absolute Gasteiger partial charge is 0.507 e. The summed E-state index contributed by atoms with van der Waals surface area (Å²) in [5.74, 6) is 0.107. The first-order chi connectivity index (χ1) is 19.6. The molecule has 40 heavy (non-hydrogen) atoms. The quantitative estimate of drug-likeness (QED) is 0.153. The van der Waals surface area contributed by atoms with Gasteiger partial charge in [0.2, 0.25) is 0 Å². The summed E-state index contributed by atoms with van der Waals surface area (Å²) in [6.45, 7) is 8.26. The van der Waals surface area contributed by atoms with Crippen molar-refractivity contribution in [1.82, 2.24) is 9.80 Å². The summed E-state index contributed by atoms with van der Waals surface area (Å²) in [7, 11) is 0. The molecule has 0 unspecified atom stereocenters. The lowest BCUT2D eigenvalue weighted by Gasteiger charge is -2.26. The molecule has 0 amide bonds. The van der Waals surface area contributed by atoms with E-state index in [0.29, 0.717) is 19.0 Å². The number of carbonyl (C=O) groups is 1. The Balaban J connectivity index is 1.17. The maximum atomic E-state index is 12.7. The van der Waals surface area contributed by atoms with Crippen LogP contribution in [0.4, 0.5) is 0 Å². The fourth-order valence-electron chi connectivity index (χ4n) is 5.47. The van der Waals surface area contributed by atoms with Crippen LogP contribution >= 0.6 is 0 Å². The average Bonchev–Trinajstić information content (AvgIpc) is 2.97. The molecular formula is C33H46N2O5. The fraction of sp³-hybridized carbons (Fsp3) is 0.545. The lowest BCUT2D eigenvalue weighted by molar-refractivity contribution is 0.104. The van der Waals surface area contributed by atoms with Crippen LogP contribution in [0.5, 0.6) is 23.0 Å². The molecule has 2 aromatic rings. The van der Waals surface area contributed by atoms with Crippen molar-refractivity contribution in [3.05, 3.63) is 53.6 Å². The number of ketones is 1. The van der Waals surface area contributed by atoms with E-state index in [-0.39, 0.29) is 17.1 Å². The van der Waals surface area contributed by atoms with Crippen molar-refractivity contribution in [2.45, 2.75) is 64.2 Å². The number of hydrogen-bond donors (Lipinski definition) is 2. The summed E-state index contributed by atoms with van der Waals surface area (Å²) in [5.41, 5.74) is 0.701. The standard InChI is InChI=1S/C33H46N2O5/c36-30(16-13-27-11-14-28(15-12-27)39-23-9-7-21-34-17-3-1-4-18-34)33-31(37)25-29(26-32(33)38)40-24-10-8-22-35-19-5-2-6-20-35/h11-16,25-26,37-38H,1-10,17-24H2/b16-13+. The molecule has 2 fully saturated rings. The lowest BCUT2D eigenvalue weighted by atomic mass is 10.1. The number of nitrogens with zero attached hydrogens (tertiary/aromatic N) is 2. The van der Waals surface area contributed by atoms with Crippen molar-refractivity contribution in [1.29, 1.82) is 0 Å². The SMILES string of the molecule is O=C(/C=C/c1ccc(OCCCCN2CCCCC2)cc1)c1c(O)cc(OCCCCN2CCCCC2)cc1O. The van der Waals surface area contributed by atoms with Crippen LogP contribution < -0.4 is 9.47 Å². The number of likely N-dealkylation sites (tertiary alicyclic amines) is 2. The molecule has 0 atom stereocenters. The first-order valence-corrected chi connectivity index (χ1v) is 15.2. The predicted molar refractivity (Wildman–Crippen MR) is 160 cm³/mol. The number of phenols is 2. The third-order valence-electron chi connectivity index (χ3n) is 7.80. The molecule has 2 N–H and O–H groups in total. The number of phenolic OH excluding ortho intramolecular Hbond substituents is 2. The van der Waals surface area contributed by atoms with E-state index in [4.69, 9.17) is 9.47 Å². The molecule has 0 saturated carbocycles. The van der Waals surface area contributed by atoms with E-state index in [1.54, 1.807) is 6.08 Å². The number of hydrogen-bond acceptors (Lipinski definition) is 7. The van der Waals surface area contributed by atoms with Gasteiger partial charge in [0.05, 0.1) is 13.2 Å². The monoisotopic (exact) mass is 550 g/mol. The van der Waals surface area contributed by atoms with Crippen molar-refractivity contribution in [2.75, 3.05) is 52.5 Å². The molecule has 0 radical (unpaired) electrons. The zero-order valence-electron chi connectivity index (χ0n) is 23.9. The van der Waals surface area contributed by atoms with Crippen LogP contribution in [0.3, 0.4) is 0 Å². The number of benzene rings is 2. The van der Waals surface area contributed by atoms with Gasteiger partial charge in [-0.3, -0.25) is 4.79 Å². The number of ether oxygens (including phenoxy) is 2. The molecule has 2 saturated heterocycles. The Kier molecular flexibility index (Phi) is 12.2. The van der Waals surface area contributed by atoms with Crippen molar-refractivity contribution < 1.29 is 24.5 Å². The van der Waals surface area contributed by atoms with Gasteiger partial charge in [0, 0.05) is 12.1 Å². The number of piperidine rings is 2. The molecule has 0 bridgehead atoms. The molecule has 2 heterocycles. The molecule has 2 aromatic carbocycles. The average molecular weight is 551 g/mol. The minimum atomic E-state index is -0.475. The van der Waals surface area contributed by atoms with Crippen molar-refractivity contribution in [3.63, 3.8) is 0 Å². The van der Waals surface area contributed by atoms with Crippen LogP contribution in [-0.2, 0) is 0 Å². The van der Waals surface area contributed by atoms with Gasteiger partial charge in [-0.2, -0.15) is 0 Å². The van der Waals surface area contributed by atoms with E-state index in [2.05, 4.69) is 9.80 Å². The second-order valence-corrected chi connectivity index (χ2v) is 11.0. The highest BCUT2D eigenvalue weighted by atomic mass is 16.5. The van der Waals surface area contributed by atoms with E-state index < -0.39 is 5.78 Å². The van der Waals surface area contributed by atoms with Gasteiger partial charge < -0.3 is 29.5 Å². The van der Waals surface area contributed by atoms with E-state index in [1.165, 1.54) is 82.9 Å². The normalized spacial score (nSPS) is 16.8. The van der Waals surface area contributed by atoms with Gasteiger partial charge in [-0.25, -0.2) is 0 Å². The first-order valence-electron chi connectivity index (χ1n) is 15.2. The maximum absolute atomic E-state index is 12.7. The van der Waals surface area contributed by atoms with E-state index >= 15 is 0 Å². The zero-order valence-corrected chi connectivity index (χ0v) is 23.9. The molecule has 2 aliphatic heterocycles. The molecule has 0 spiro atoms. The Labute approximate surface area is 239 Å². The molecular weight excluding hydrogens is 504 g/mol. The van der Waals surface area contributed by atoms with Crippen LogP contribution in [0.15, 0.2) is 42.5 Å². The molecule has 0 aromatic heterocycles. The highest BCUT2D eigenvalue weighted by Crippen LogP contribution is 2.33. The molecule has 7 heteroatoms. The first kappa shape index (κ1) is 29.9. The van der Waals surface area contributed by atoms with E-state index in [9.17, 15) is 15.0 Å². The summed E-state index contributed by atoms with van der Waals surface area (Å²) in [6, 6.07) is 10.3. The lowest BCUT2D eigenvalue weighted by Crippen LogP contribution is -2.30. The summed E-state index contributed by atoms with van der Waals surface area (Å²) < 4.78 is 11.6. The van der Waals surface area contributed by atoms with Crippen LogP contribution in [0.1, 0.15) is 80.1 Å². The van der Waals surface area contributed by atoms with Gasteiger partial charge in [-0.05, 0) is 114 Å². The van der Waals surface area contributed by atoms with Crippen LogP contribution in [0, 0.1) is 0 Å². The Hall–Kier alpha value is -3.03. The highest BCUT2D eigenvalue weighted by molar-refractivity contribution is 6.10. The fourth-order valence-corrected chi connectivity index (χ4v) is 5.47. The van der Waals surface area contributed by atoms with Gasteiger partial charge >= 0.3 is 0 Å². The smallest absolute Gasteiger partial charge is 0.193 e. The predicted octanol–water partition coefficient (Wildman–Crippen LogP) is 6.28. The summed E-state index contributed by atoms with van der Waals surface area (Å²) in [5, 5.41) is 20.8. The molecule has 0 aliphatic carbocycles. The number of aromatic hydroxyl groups is 2.